The van der Waals surface area contributed by atoms with Crippen LogP contribution in [0.4, 0.5) is 28.2 Å². The minimum atomic E-state index is -4.57. The molecule has 196 valence electrons. The van der Waals surface area contributed by atoms with E-state index in [1.54, 1.807) is 19.1 Å². The number of anilines is 1. The van der Waals surface area contributed by atoms with Gasteiger partial charge in [-0.3, -0.25) is 10.3 Å². The molecule has 0 unspecified atom stereocenters. The minimum absolute atomic E-state index is 0.0573. The molecule has 0 radical (unpaired) electrons. The van der Waals surface area contributed by atoms with Crippen molar-refractivity contribution in [3.8, 4) is 5.75 Å². The Morgan fingerprint density at radius 2 is 2.14 bits per heavy atom. The standard InChI is InChI=1S/C24H24F4N6O3/c1-2-37-20-10-19-14(9-18(20)25)3-5-16(31-19)12-30-33-21-6-4-15(11-29-21)22(24(26,27)28)34-8-7-17(13-34)32-23(35)36/h3-6,9-12,17,22,32H,2,7-8,13H2,1H3,(H,29,33)(H,35,36)/b30-12+/t17-,22+/m0/s1. The van der Waals surface area contributed by atoms with Crippen LogP contribution in [0.15, 0.2) is 47.7 Å². The Hall–Kier alpha value is -4.00. The van der Waals surface area contributed by atoms with Crippen LogP contribution in [0.25, 0.3) is 10.9 Å². The van der Waals surface area contributed by atoms with Crippen LogP contribution in [0.5, 0.6) is 5.75 Å². The lowest BCUT2D eigenvalue weighted by Gasteiger charge is -2.30. The summed E-state index contributed by atoms with van der Waals surface area (Å²) in [7, 11) is 0. The summed E-state index contributed by atoms with van der Waals surface area (Å²) in [5.41, 5.74) is 3.56. The van der Waals surface area contributed by atoms with E-state index in [9.17, 15) is 22.4 Å². The normalized spacial score (nSPS) is 17.3. The fraction of sp³-hybridized carbons (Fsp3) is 0.333. The average Bonchev–Trinajstić information content (AvgIpc) is 3.27. The number of benzene rings is 1. The number of ether oxygens (including phenoxy) is 1. The molecule has 1 amide bonds. The first-order valence-corrected chi connectivity index (χ1v) is 11.4. The van der Waals surface area contributed by atoms with Gasteiger partial charge >= 0.3 is 12.3 Å². The van der Waals surface area contributed by atoms with Crippen LogP contribution in [0, 0.1) is 5.82 Å². The number of fused-ring (bicyclic) bond motifs is 1. The molecular weight excluding hydrogens is 496 g/mol. The third-order valence-corrected chi connectivity index (χ3v) is 5.76. The Morgan fingerprint density at radius 1 is 1.32 bits per heavy atom. The molecule has 1 aliphatic heterocycles. The number of halogens is 4. The van der Waals surface area contributed by atoms with E-state index >= 15 is 0 Å². The molecule has 13 heteroatoms. The number of amides is 1. The Kier molecular flexibility index (Phi) is 7.71. The molecule has 1 fully saturated rings. The minimum Gasteiger partial charge on any atom is -0.491 e. The maximum atomic E-state index is 14.0. The highest BCUT2D eigenvalue weighted by molar-refractivity contribution is 5.86. The first-order chi connectivity index (χ1) is 17.6. The summed E-state index contributed by atoms with van der Waals surface area (Å²) >= 11 is 0. The average molecular weight is 520 g/mol. The maximum absolute atomic E-state index is 14.0. The van der Waals surface area contributed by atoms with Crippen molar-refractivity contribution in [3.63, 3.8) is 0 Å². The third kappa shape index (κ3) is 6.42. The molecule has 4 rings (SSSR count). The summed E-state index contributed by atoms with van der Waals surface area (Å²) in [5, 5.41) is 15.7. The van der Waals surface area contributed by atoms with Crippen LogP contribution in [0.3, 0.4) is 0 Å². The van der Waals surface area contributed by atoms with Gasteiger partial charge in [0.1, 0.15) is 11.9 Å². The third-order valence-electron chi connectivity index (χ3n) is 5.76. The van der Waals surface area contributed by atoms with E-state index in [0.717, 1.165) is 6.20 Å². The molecule has 0 aliphatic carbocycles. The predicted molar refractivity (Wildman–Crippen MR) is 128 cm³/mol. The van der Waals surface area contributed by atoms with Crippen molar-refractivity contribution in [2.45, 2.75) is 31.6 Å². The van der Waals surface area contributed by atoms with E-state index in [0.29, 0.717) is 23.2 Å². The highest BCUT2D eigenvalue weighted by atomic mass is 19.4. The van der Waals surface area contributed by atoms with E-state index in [-0.39, 0.29) is 36.6 Å². The maximum Gasteiger partial charge on any atom is 0.408 e. The molecule has 0 saturated carbocycles. The predicted octanol–water partition coefficient (Wildman–Crippen LogP) is 4.56. The Bertz CT molecular complexity index is 1290. The van der Waals surface area contributed by atoms with Crippen LogP contribution in [-0.4, -0.2) is 64.2 Å². The van der Waals surface area contributed by atoms with Crippen molar-refractivity contribution in [1.29, 1.82) is 0 Å². The summed E-state index contributed by atoms with van der Waals surface area (Å²) in [4.78, 5) is 20.4. The Morgan fingerprint density at radius 3 is 2.81 bits per heavy atom. The number of aromatic nitrogens is 2. The molecule has 3 aromatic rings. The number of hydrogen-bond donors (Lipinski definition) is 3. The van der Waals surface area contributed by atoms with Gasteiger partial charge in [-0.1, -0.05) is 12.1 Å². The Labute approximate surface area is 209 Å². The number of carbonyl (C=O) groups is 1. The van der Waals surface area contributed by atoms with Crippen molar-refractivity contribution in [3.05, 3.63) is 59.7 Å². The molecule has 3 N–H and O–H groups in total. The van der Waals surface area contributed by atoms with Gasteiger partial charge in [0.25, 0.3) is 0 Å². The van der Waals surface area contributed by atoms with Crippen molar-refractivity contribution < 1.29 is 32.2 Å². The summed E-state index contributed by atoms with van der Waals surface area (Å²) in [6.07, 6.45) is -3.04. The quantitative estimate of drug-likeness (QED) is 0.227. The monoisotopic (exact) mass is 520 g/mol. The number of pyridine rings is 2. The smallest absolute Gasteiger partial charge is 0.408 e. The van der Waals surface area contributed by atoms with Crippen LogP contribution in [0.2, 0.25) is 0 Å². The highest BCUT2D eigenvalue weighted by Gasteiger charge is 2.47. The topological polar surface area (TPSA) is 112 Å². The van der Waals surface area contributed by atoms with Gasteiger partial charge in [0.2, 0.25) is 0 Å². The van der Waals surface area contributed by atoms with Crippen molar-refractivity contribution >= 4 is 29.0 Å². The van der Waals surface area contributed by atoms with Crippen LogP contribution >= 0.6 is 0 Å². The largest absolute Gasteiger partial charge is 0.491 e. The second kappa shape index (κ2) is 10.9. The summed E-state index contributed by atoms with van der Waals surface area (Å²) in [6.45, 7) is 2.09. The van der Waals surface area contributed by atoms with E-state index < -0.39 is 30.2 Å². The highest BCUT2D eigenvalue weighted by Crippen LogP contribution is 2.39. The first-order valence-electron chi connectivity index (χ1n) is 11.4. The zero-order chi connectivity index (χ0) is 26.6. The number of hydrogen-bond acceptors (Lipinski definition) is 7. The number of carboxylic acid groups (broad SMARTS) is 1. The fourth-order valence-electron chi connectivity index (χ4n) is 4.20. The summed E-state index contributed by atoms with van der Waals surface area (Å²) in [6, 6.07) is 6.35. The van der Waals surface area contributed by atoms with Gasteiger partial charge in [0.15, 0.2) is 11.6 Å². The summed E-state index contributed by atoms with van der Waals surface area (Å²) < 4.78 is 60.8. The molecule has 0 spiro atoms. The molecule has 3 heterocycles. The van der Waals surface area contributed by atoms with Crippen molar-refractivity contribution in [2.75, 3.05) is 25.1 Å². The Balaban J connectivity index is 1.44. The van der Waals surface area contributed by atoms with E-state index in [1.807, 2.05) is 0 Å². The van der Waals surface area contributed by atoms with Crippen LogP contribution < -0.4 is 15.5 Å². The number of nitrogens with zero attached hydrogens (tertiary/aromatic N) is 4. The van der Waals surface area contributed by atoms with Crippen molar-refractivity contribution in [1.82, 2.24) is 20.2 Å². The molecule has 9 nitrogen and oxygen atoms in total. The van der Waals surface area contributed by atoms with Gasteiger partial charge in [0.05, 0.1) is 24.0 Å². The number of rotatable bonds is 8. The van der Waals surface area contributed by atoms with Gasteiger partial charge in [-0.05, 0) is 37.1 Å². The molecule has 1 saturated heterocycles. The van der Waals surface area contributed by atoms with E-state index in [1.165, 1.54) is 35.4 Å². The molecule has 2 aromatic heterocycles. The lowest BCUT2D eigenvalue weighted by Crippen LogP contribution is -2.40. The second-order valence-electron chi connectivity index (χ2n) is 8.37. The molecule has 0 bridgehead atoms. The van der Waals surface area contributed by atoms with E-state index in [4.69, 9.17) is 9.84 Å². The molecule has 37 heavy (non-hydrogen) atoms. The number of likely N-dealkylation sites (tertiary alicyclic amines) is 1. The van der Waals surface area contributed by atoms with Crippen LogP contribution in [-0.2, 0) is 0 Å². The van der Waals surface area contributed by atoms with Crippen molar-refractivity contribution in [2.24, 2.45) is 5.10 Å². The lowest BCUT2D eigenvalue weighted by atomic mass is 10.1. The first kappa shape index (κ1) is 26.1. The zero-order valence-electron chi connectivity index (χ0n) is 19.7. The number of nitrogens with one attached hydrogen (secondary N) is 2. The fourth-order valence-corrected chi connectivity index (χ4v) is 4.20. The second-order valence-corrected chi connectivity index (χ2v) is 8.37. The molecule has 2 atom stereocenters. The van der Waals surface area contributed by atoms with Gasteiger partial charge in [-0.2, -0.15) is 18.3 Å². The van der Waals surface area contributed by atoms with Gasteiger partial charge in [-0.15, -0.1) is 0 Å². The van der Waals surface area contributed by atoms with E-state index in [2.05, 4.69) is 25.8 Å². The molecule has 1 aliphatic rings. The number of alkyl halides is 3. The zero-order valence-corrected chi connectivity index (χ0v) is 19.7. The lowest BCUT2D eigenvalue weighted by molar-refractivity contribution is -0.183. The van der Waals surface area contributed by atoms with Crippen LogP contribution in [0.1, 0.15) is 30.6 Å². The molecule has 1 aromatic carbocycles. The van der Waals surface area contributed by atoms with Gasteiger partial charge in [-0.25, -0.2) is 19.2 Å². The van der Waals surface area contributed by atoms with Gasteiger partial charge < -0.3 is 15.2 Å². The summed E-state index contributed by atoms with van der Waals surface area (Å²) in [5.74, 6) is -0.170. The SMILES string of the molecule is CCOc1cc2nc(/C=N/Nc3ccc([C@@H](N4CC[C@H](NC(=O)O)C4)C(F)(F)F)cn3)ccc2cc1F. The van der Waals surface area contributed by atoms with Gasteiger partial charge in [0, 0.05) is 36.8 Å². The number of hydrazone groups is 1. The molecular formula is C24H24F4N6O3.